The first kappa shape index (κ1) is 23.1. The summed E-state index contributed by atoms with van der Waals surface area (Å²) in [4.78, 5) is 11.0. The van der Waals surface area contributed by atoms with Gasteiger partial charge in [-0.15, -0.1) is 0 Å². The lowest BCUT2D eigenvalue weighted by Crippen LogP contribution is -2.01. The van der Waals surface area contributed by atoms with E-state index in [1.165, 1.54) is 12.1 Å². The van der Waals surface area contributed by atoms with Crippen molar-refractivity contribution in [3.63, 3.8) is 0 Å². The fraction of sp³-hybridized carbons (Fsp3) is 0.0714. The molecule has 1 N–H and O–H groups in total. The first-order chi connectivity index (χ1) is 16.5. The van der Waals surface area contributed by atoms with Crippen LogP contribution < -0.4 is 9.47 Å². The highest BCUT2D eigenvalue weighted by atomic mass is 79.9. The van der Waals surface area contributed by atoms with Gasteiger partial charge in [-0.25, -0.2) is 4.79 Å². The van der Waals surface area contributed by atoms with Crippen molar-refractivity contribution in [2.45, 2.75) is 6.61 Å². The number of nitriles is 1. The second-order valence-electron chi connectivity index (χ2n) is 7.56. The highest BCUT2D eigenvalue weighted by Crippen LogP contribution is 2.38. The lowest BCUT2D eigenvalue weighted by atomic mass is 10.00. The van der Waals surface area contributed by atoms with Crippen LogP contribution in [-0.2, 0) is 6.61 Å². The number of halogens is 1. The lowest BCUT2D eigenvalue weighted by Gasteiger charge is -2.14. The number of rotatable bonds is 7. The Balaban J connectivity index is 1.60. The van der Waals surface area contributed by atoms with Crippen LogP contribution in [0.2, 0.25) is 0 Å². The minimum absolute atomic E-state index is 0.221. The van der Waals surface area contributed by atoms with Crippen LogP contribution in [0.3, 0.4) is 0 Å². The van der Waals surface area contributed by atoms with E-state index in [0.29, 0.717) is 21.5 Å². The normalized spacial score (nSPS) is 11.1. The molecule has 0 amide bonds. The molecule has 6 heteroatoms. The van der Waals surface area contributed by atoms with Gasteiger partial charge in [-0.05, 0) is 79.8 Å². The van der Waals surface area contributed by atoms with Gasteiger partial charge in [0.25, 0.3) is 0 Å². The summed E-state index contributed by atoms with van der Waals surface area (Å²) in [5, 5.41) is 21.0. The molecule has 0 unspecified atom stereocenters. The zero-order valence-corrected chi connectivity index (χ0v) is 19.9. The molecule has 0 atom stereocenters. The Hall–Kier alpha value is -4.08. The second kappa shape index (κ2) is 10.2. The summed E-state index contributed by atoms with van der Waals surface area (Å²) in [5.41, 5.74) is 3.20. The van der Waals surface area contributed by atoms with E-state index in [9.17, 15) is 10.1 Å². The molecule has 0 bridgehead atoms. The Kier molecular flexibility index (Phi) is 6.95. The van der Waals surface area contributed by atoms with Gasteiger partial charge in [0, 0.05) is 0 Å². The first-order valence-corrected chi connectivity index (χ1v) is 11.2. The van der Waals surface area contributed by atoms with Crippen molar-refractivity contribution in [3.8, 4) is 17.6 Å². The van der Waals surface area contributed by atoms with Crippen LogP contribution in [0.5, 0.6) is 11.5 Å². The predicted octanol–water partition coefficient (Wildman–Crippen LogP) is 6.95. The molecule has 4 aromatic rings. The molecule has 0 aliphatic rings. The van der Waals surface area contributed by atoms with Crippen LogP contribution in [0.25, 0.3) is 22.4 Å². The van der Waals surface area contributed by atoms with Crippen LogP contribution in [-0.4, -0.2) is 18.2 Å². The number of hydrogen-bond acceptors (Lipinski definition) is 4. The first-order valence-electron chi connectivity index (χ1n) is 10.4. The average Bonchev–Trinajstić information content (AvgIpc) is 2.86. The number of hydrogen-bond donors (Lipinski definition) is 1. The Morgan fingerprint density at radius 2 is 1.71 bits per heavy atom. The molecular formula is C28H20BrNO4. The van der Waals surface area contributed by atoms with Gasteiger partial charge >= 0.3 is 5.97 Å². The summed E-state index contributed by atoms with van der Waals surface area (Å²) in [7, 11) is 1.55. The highest BCUT2D eigenvalue weighted by Gasteiger charge is 2.13. The SMILES string of the molecule is COc1cc(/C=C(/C#N)c2ccc3ccccc3c2)cc(Br)c1OCc1ccc(C(=O)O)cc1. The van der Waals surface area contributed by atoms with Gasteiger partial charge in [0.15, 0.2) is 11.5 Å². The van der Waals surface area contributed by atoms with E-state index in [1.54, 1.807) is 19.2 Å². The van der Waals surface area contributed by atoms with Gasteiger partial charge in [0.05, 0.1) is 28.8 Å². The molecule has 0 saturated carbocycles. The van der Waals surface area contributed by atoms with Crippen molar-refractivity contribution < 1.29 is 19.4 Å². The fourth-order valence-corrected chi connectivity index (χ4v) is 4.14. The molecule has 5 nitrogen and oxygen atoms in total. The third kappa shape index (κ3) is 5.11. The Morgan fingerprint density at radius 3 is 2.38 bits per heavy atom. The van der Waals surface area contributed by atoms with Gasteiger partial charge in [-0.1, -0.05) is 48.5 Å². The molecule has 0 aromatic heterocycles. The monoisotopic (exact) mass is 513 g/mol. The number of benzene rings is 4. The summed E-state index contributed by atoms with van der Waals surface area (Å²) in [6.07, 6.45) is 1.81. The summed E-state index contributed by atoms with van der Waals surface area (Å²) >= 11 is 3.55. The van der Waals surface area contributed by atoms with E-state index in [-0.39, 0.29) is 12.2 Å². The summed E-state index contributed by atoms with van der Waals surface area (Å²) in [6.45, 7) is 0.241. The minimum Gasteiger partial charge on any atom is -0.493 e. The lowest BCUT2D eigenvalue weighted by molar-refractivity contribution is 0.0697. The van der Waals surface area contributed by atoms with E-state index in [4.69, 9.17) is 14.6 Å². The van der Waals surface area contributed by atoms with Crippen LogP contribution in [0.15, 0.2) is 83.3 Å². The molecular weight excluding hydrogens is 494 g/mol. The van der Waals surface area contributed by atoms with Gasteiger partial charge in [0.2, 0.25) is 0 Å². The molecule has 0 aliphatic carbocycles. The molecule has 34 heavy (non-hydrogen) atoms. The van der Waals surface area contributed by atoms with E-state index in [2.05, 4.69) is 22.0 Å². The zero-order chi connectivity index (χ0) is 24.1. The maximum atomic E-state index is 11.0. The van der Waals surface area contributed by atoms with Crippen LogP contribution in [0.4, 0.5) is 0 Å². The van der Waals surface area contributed by atoms with Crippen molar-refractivity contribution in [2.24, 2.45) is 0 Å². The molecule has 4 aromatic carbocycles. The van der Waals surface area contributed by atoms with Gasteiger partial charge in [0.1, 0.15) is 6.61 Å². The molecule has 4 rings (SSSR count). The summed E-state index contributed by atoms with van der Waals surface area (Å²) < 4.78 is 12.2. The average molecular weight is 514 g/mol. The van der Waals surface area contributed by atoms with Crippen molar-refractivity contribution in [3.05, 3.63) is 106 Å². The van der Waals surface area contributed by atoms with E-state index >= 15 is 0 Å². The number of fused-ring (bicyclic) bond motifs is 1. The van der Waals surface area contributed by atoms with E-state index in [0.717, 1.165) is 27.5 Å². The molecule has 0 saturated heterocycles. The Bertz CT molecular complexity index is 1440. The van der Waals surface area contributed by atoms with Crippen molar-refractivity contribution in [1.82, 2.24) is 0 Å². The number of nitrogens with zero attached hydrogens (tertiary/aromatic N) is 1. The summed E-state index contributed by atoms with van der Waals surface area (Å²) in [6, 6.07) is 26.4. The number of methoxy groups -OCH3 is 1. The number of carboxylic acids is 1. The number of ether oxygens (including phenoxy) is 2. The second-order valence-corrected chi connectivity index (χ2v) is 8.41. The Morgan fingerprint density at radius 1 is 1.00 bits per heavy atom. The third-order valence-corrected chi connectivity index (χ3v) is 5.92. The van der Waals surface area contributed by atoms with E-state index < -0.39 is 5.97 Å². The quantitative estimate of drug-likeness (QED) is 0.213. The van der Waals surface area contributed by atoms with Crippen molar-refractivity contribution >= 4 is 44.3 Å². The zero-order valence-electron chi connectivity index (χ0n) is 18.3. The standard InChI is InChI=1S/C28H20BrNO4/c1-33-26-14-19(12-24(16-30)23-11-10-20-4-2-3-5-22(20)15-23)13-25(29)27(26)34-17-18-6-8-21(9-7-18)28(31)32/h2-15H,17H2,1H3,(H,31,32)/b24-12-. The maximum absolute atomic E-state index is 11.0. The van der Waals surface area contributed by atoms with Gasteiger partial charge in [-0.2, -0.15) is 5.26 Å². The van der Waals surface area contributed by atoms with Gasteiger partial charge in [-0.3, -0.25) is 0 Å². The predicted molar refractivity (Wildman–Crippen MR) is 136 cm³/mol. The molecule has 0 spiro atoms. The van der Waals surface area contributed by atoms with Crippen molar-refractivity contribution in [2.75, 3.05) is 7.11 Å². The fourth-order valence-electron chi connectivity index (χ4n) is 3.57. The largest absolute Gasteiger partial charge is 0.493 e. The smallest absolute Gasteiger partial charge is 0.335 e. The molecule has 0 fully saturated rings. The number of carboxylic acid groups (broad SMARTS) is 1. The van der Waals surface area contributed by atoms with Crippen LogP contribution in [0, 0.1) is 11.3 Å². The number of carbonyl (C=O) groups is 1. The minimum atomic E-state index is -0.971. The summed E-state index contributed by atoms with van der Waals surface area (Å²) in [5.74, 6) is 0.0608. The Labute approximate surface area is 205 Å². The molecule has 0 radical (unpaired) electrons. The van der Waals surface area contributed by atoms with Crippen LogP contribution >= 0.6 is 15.9 Å². The third-order valence-electron chi connectivity index (χ3n) is 5.33. The van der Waals surface area contributed by atoms with Crippen LogP contribution in [0.1, 0.15) is 27.0 Å². The molecule has 0 aliphatic heterocycles. The topological polar surface area (TPSA) is 79.5 Å². The maximum Gasteiger partial charge on any atom is 0.335 e. The number of aromatic carboxylic acids is 1. The molecule has 168 valence electrons. The van der Waals surface area contributed by atoms with Gasteiger partial charge < -0.3 is 14.6 Å². The molecule has 0 heterocycles. The number of allylic oxidation sites excluding steroid dienone is 1. The van der Waals surface area contributed by atoms with E-state index in [1.807, 2.05) is 60.7 Å². The highest BCUT2D eigenvalue weighted by molar-refractivity contribution is 9.10. The van der Waals surface area contributed by atoms with Crippen molar-refractivity contribution in [1.29, 1.82) is 5.26 Å².